The normalized spacial score (nSPS) is 10.9. The largest absolute Gasteiger partial charge is 0.433 e. The van der Waals surface area contributed by atoms with Gasteiger partial charge >= 0.3 is 5.56 Å². The van der Waals surface area contributed by atoms with Gasteiger partial charge in [0.2, 0.25) is 0 Å². The molecule has 34 heavy (non-hydrogen) atoms. The zero-order valence-electron chi connectivity index (χ0n) is 19.4. The second kappa shape index (κ2) is 10.1. The van der Waals surface area contributed by atoms with Gasteiger partial charge in [-0.3, -0.25) is 9.36 Å². The molecule has 4 nitrogen and oxygen atoms in total. The first-order valence-electron chi connectivity index (χ1n) is 11.0. The minimum Gasteiger partial charge on any atom is -0.433 e. The lowest BCUT2D eigenvalue weighted by Crippen LogP contribution is -2.25. The van der Waals surface area contributed by atoms with Crippen molar-refractivity contribution in [2.24, 2.45) is 0 Å². The standard InChI is InChI=1S/C28H25ClN2O2Si/c1-34(2,3)19-18-22-14-10-11-17-24(22)33-27-28(32)31(20-21-12-6-4-7-13-21)25(26(29)30-27)23-15-8-5-9-16-23/h4-17H,20H2,1-3H3. The Kier molecular flexibility index (Phi) is 7.02. The number of benzene rings is 3. The molecule has 0 fully saturated rings. The molecule has 0 aliphatic carbocycles. The van der Waals surface area contributed by atoms with E-state index in [2.05, 4.69) is 36.1 Å². The fourth-order valence-corrected chi connectivity index (χ4v) is 4.19. The number of hydrogen-bond donors (Lipinski definition) is 0. The van der Waals surface area contributed by atoms with Crippen LogP contribution in [0, 0.1) is 11.5 Å². The summed E-state index contributed by atoms with van der Waals surface area (Å²) in [6.45, 7) is 6.86. The number of ether oxygens (including phenoxy) is 1. The molecule has 170 valence electrons. The number of nitrogens with zero attached hydrogens (tertiary/aromatic N) is 2. The van der Waals surface area contributed by atoms with E-state index in [0.29, 0.717) is 23.6 Å². The van der Waals surface area contributed by atoms with Crippen LogP contribution in [0.3, 0.4) is 0 Å². The zero-order chi connectivity index (χ0) is 24.1. The lowest BCUT2D eigenvalue weighted by Gasteiger charge is -2.16. The highest BCUT2D eigenvalue weighted by Gasteiger charge is 2.19. The van der Waals surface area contributed by atoms with E-state index in [1.54, 1.807) is 10.6 Å². The fourth-order valence-electron chi connectivity index (χ4n) is 3.39. The van der Waals surface area contributed by atoms with Crippen LogP contribution in [0.5, 0.6) is 11.6 Å². The summed E-state index contributed by atoms with van der Waals surface area (Å²) in [6, 6.07) is 26.7. The maximum Gasteiger partial charge on any atom is 0.314 e. The molecular weight excluding hydrogens is 460 g/mol. The predicted molar refractivity (Wildman–Crippen MR) is 141 cm³/mol. The van der Waals surface area contributed by atoms with E-state index >= 15 is 0 Å². The quantitative estimate of drug-likeness (QED) is 0.236. The van der Waals surface area contributed by atoms with Gasteiger partial charge < -0.3 is 4.74 Å². The summed E-state index contributed by atoms with van der Waals surface area (Å²) in [5, 5.41) is 0.197. The Balaban J connectivity index is 1.83. The SMILES string of the molecule is C[Si](C)(C)C#Cc1ccccc1Oc1nc(Cl)c(-c2ccccc2)n(Cc2ccccc2)c1=O. The summed E-state index contributed by atoms with van der Waals surface area (Å²) in [6.07, 6.45) is 0. The Hall–Kier alpha value is -3.59. The van der Waals surface area contributed by atoms with Crippen molar-refractivity contribution in [3.05, 3.63) is 112 Å². The molecule has 0 aliphatic rings. The van der Waals surface area contributed by atoms with Gasteiger partial charge in [-0.05, 0) is 17.7 Å². The van der Waals surface area contributed by atoms with E-state index in [1.165, 1.54) is 0 Å². The van der Waals surface area contributed by atoms with Crippen molar-refractivity contribution in [3.63, 3.8) is 0 Å². The smallest absolute Gasteiger partial charge is 0.314 e. The van der Waals surface area contributed by atoms with Crippen LogP contribution in [0.4, 0.5) is 0 Å². The molecule has 0 radical (unpaired) electrons. The predicted octanol–water partition coefficient (Wildman–Crippen LogP) is 6.63. The minimum absolute atomic E-state index is 0.0807. The molecule has 4 rings (SSSR count). The van der Waals surface area contributed by atoms with Gasteiger partial charge in [0.05, 0.1) is 17.8 Å². The first kappa shape index (κ1) is 23.6. The third-order valence-corrected chi connectivity index (χ3v) is 6.13. The molecule has 1 heterocycles. The van der Waals surface area contributed by atoms with Crippen LogP contribution in [-0.2, 0) is 6.54 Å². The van der Waals surface area contributed by atoms with Crippen molar-refractivity contribution in [2.45, 2.75) is 26.2 Å². The Morgan fingerprint density at radius 2 is 1.53 bits per heavy atom. The van der Waals surface area contributed by atoms with Gasteiger partial charge in [-0.2, -0.15) is 4.98 Å². The van der Waals surface area contributed by atoms with Gasteiger partial charge in [-0.15, -0.1) is 5.54 Å². The van der Waals surface area contributed by atoms with Crippen molar-refractivity contribution in [2.75, 3.05) is 0 Å². The molecule has 0 saturated heterocycles. The number of hydrogen-bond acceptors (Lipinski definition) is 3. The van der Waals surface area contributed by atoms with Crippen molar-refractivity contribution in [1.82, 2.24) is 9.55 Å². The van der Waals surface area contributed by atoms with Gasteiger partial charge in [0.1, 0.15) is 13.8 Å². The van der Waals surface area contributed by atoms with Gasteiger partial charge in [0.15, 0.2) is 5.15 Å². The Labute approximate surface area is 205 Å². The van der Waals surface area contributed by atoms with E-state index in [9.17, 15) is 4.79 Å². The van der Waals surface area contributed by atoms with Crippen molar-refractivity contribution in [3.8, 4) is 34.4 Å². The van der Waals surface area contributed by atoms with Crippen LogP contribution < -0.4 is 10.3 Å². The fraction of sp³-hybridized carbons (Fsp3) is 0.143. The van der Waals surface area contributed by atoms with Crippen LogP contribution in [0.1, 0.15) is 11.1 Å². The second-order valence-corrected chi connectivity index (χ2v) is 14.0. The molecule has 0 spiro atoms. The van der Waals surface area contributed by atoms with Crippen LogP contribution in [-0.4, -0.2) is 17.6 Å². The Morgan fingerprint density at radius 1 is 0.912 bits per heavy atom. The zero-order valence-corrected chi connectivity index (χ0v) is 21.1. The van der Waals surface area contributed by atoms with Crippen LogP contribution in [0.2, 0.25) is 24.8 Å². The molecule has 0 bridgehead atoms. The molecule has 3 aromatic carbocycles. The van der Waals surface area contributed by atoms with Gasteiger partial charge in [-0.1, -0.05) is 110 Å². The second-order valence-electron chi connectivity index (χ2n) is 8.90. The average Bonchev–Trinajstić information content (AvgIpc) is 2.82. The van der Waals surface area contributed by atoms with Crippen LogP contribution in [0.15, 0.2) is 89.7 Å². The molecule has 0 N–H and O–H groups in total. The monoisotopic (exact) mass is 484 g/mol. The lowest BCUT2D eigenvalue weighted by molar-refractivity contribution is 0.446. The molecule has 0 amide bonds. The van der Waals surface area contributed by atoms with Crippen LogP contribution >= 0.6 is 11.6 Å². The molecule has 1 aromatic heterocycles. The molecule has 0 unspecified atom stereocenters. The van der Waals surface area contributed by atoms with E-state index in [1.807, 2.05) is 78.9 Å². The van der Waals surface area contributed by atoms with E-state index < -0.39 is 8.07 Å². The lowest BCUT2D eigenvalue weighted by atomic mass is 10.1. The highest BCUT2D eigenvalue weighted by atomic mass is 35.5. The summed E-state index contributed by atoms with van der Waals surface area (Å²) in [5.41, 5.74) is 6.02. The molecule has 4 aromatic rings. The van der Waals surface area contributed by atoms with Gasteiger partial charge in [0.25, 0.3) is 5.88 Å². The number of halogens is 1. The number of rotatable bonds is 5. The van der Waals surface area contributed by atoms with Gasteiger partial charge in [0, 0.05) is 5.56 Å². The number of aromatic nitrogens is 2. The maximum absolute atomic E-state index is 13.6. The summed E-state index contributed by atoms with van der Waals surface area (Å²) in [7, 11) is -1.59. The van der Waals surface area contributed by atoms with Gasteiger partial charge in [-0.25, -0.2) is 0 Å². The van der Waals surface area contributed by atoms with Crippen LogP contribution in [0.25, 0.3) is 11.3 Å². The van der Waals surface area contributed by atoms with E-state index in [4.69, 9.17) is 16.3 Å². The summed E-state index contributed by atoms with van der Waals surface area (Å²) < 4.78 is 7.66. The van der Waals surface area contributed by atoms with E-state index in [0.717, 1.165) is 11.1 Å². The van der Waals surface area contributed by atoms with E-state index in [-0.39, 0.29) is 16.6 Å². The highest BCUT2D eigenvalue weighted by molar-refractivity contribution is 6.83. The molecular formula is C28H25ClN2O2Si. The number of para-hydroxylation sites is 1. The van der Waals surface area contributed by atoms with Crippen molar-refractivity contribution in [1.29, 1.82) is 0 Å². The first-order chi connectivity index (χ1) is 16.3. The molecule has 0 saturated carbocycles. The van der Waals surface area contributed by atoms with Crippen molar-refractivity contribution >= 4 is 19.7 Å². The summed E-state index contributed by atoms with van der Waals surface area (Å²) >= 11 is 6.66. The topological polar surface area (TPSA) is 44.1 Å². The summed E-state index contributed by atoms with van der Waals surface area (Å²) in [5.74, 6) is 3.61. The molecule has 0 aliphatic heterocycles. The minimum atomic E-state index is -1.59. The highest BCUT2D eigenvalue weighted by Crippen LogP contribution is 2.29. The summed E-state index contributed by atoms with van der Waals surface area (Å²) in [4.78, 5) is 18.0. The Bertz CT molecular complexity index is 1420. The van der Waals surface area contributed by atoms with Crippen molar-refractivity contribution < 1.29 is 4.74 Å². The average molecular weight is 485 g/mol. The third kappa shape index (κ3) is 5.66. The molecule has 6 heteroatoms. The Morgan fingerprint density at radius 3 is 2.21 bits per heavy atom. The first-order valence-corrected chi connectivity index (χ1v) is 14.9. The third-order valence-electron chi connectivity index (χ3n) is 4.99. The molecule has 0 atom stereocenters. The maximum atomic E-state index is 13.6.